The van der Waals surface area contributed by atoms with E-state index in [0.717, 1.165) is 24.5 Å². The lowest BCUT2D eigenvalue weighted by Gasteiger charge is -2.15. The van der Waals surface area contributed by atoms with Crippen LogP contribution in [0.4, 0.5) is 0 Å². The van der Waals surface area contributed by atoms with E-state index < -0.39 is 0 Å². The van der Waals surface area contributed by atoms with Gasteiger partial charge in [0.1, 0.15) is 11.5 Å². The number of benzene rings is 1. The van der Waals surface area contributed by atoms with Crippen LogP contribution in [-0.4, -0.2) is 0 Å². The minimum atomic E-state index is 0.335. The molecule has 0 aliphatic carbocycles. The molecule has 0 spiro atoms. The molecule has 0 bridgehead atoms. The molecule has 0 saturated carbocycles. The molecule has 0 aliphatic rings. The maximum atomic E-state index is 5.69. The maximum Gasteiger partial charge on any atom is 0.117 e. The fraction of sp³-hybridized carbons (Fsp3) is 0.375. The lowest BCUT2D eigenvalue weighted by molar-refractivity contribution is 0.435. The molecule has 0 amide bonds. The van der Waals surface area contributed by atoms with E-state index in [1.54, 1.807) is 0 Å². The maximum absolute atomic E-state index is 5.69. The molecule has 2 heteroatoms. The summed E-state index contributed by atoms with van der Waals surface area (Å²) in [5.41, 5.74) is 2.67. The van der Waals surface area contributed by atoms with Crippen LogP contribution in [0.15, 0.2) is 40.8 Å². The summed E-state index contributed by atoms with van der Waals surface area (Å²) in [4.78, 5) is 0. The molecule has 1 aromatic heterocycles. The molecule has 2 nitrogen and oxygen atoms in total. The van der Waals surface area contributed by atoms with Gasteiger partial charge < -0.3 is 9.73 Å². The Labute approximate surface area is 109 Å². The lowest BCUT2D eigenvalue weighted by Crippen LogP contribution is -2.18. The molecular weight excluding hydrogens is 222 g/mol. The van der Waals surface area contributed by atoms with Crippen molar-refractivity contribution in [3.8, 4) is 0 Å². The summed E-state index contributed by atoms with van der Waals surface area (Å²) in [6.45, 7) is 7.21. The monoisotopic (exact) mass is 243 g/mol. The van der Waals surface area contributed by atoms with Crippen LogP contribution < -0.4 is 5.32 Å². The van der Waals surface area contributed by atoms with Crippen molar-refractivity contribution in [3.05, 3.63) is 59.0 Å². The van der Waals surface area contributed by atoms with E-state index in [0.29, 0.717) is 6.04 Å². The van der Waals surface area contributed by atoms with E-state index in [2.05, 4.69) is 62.5 Å². The molecule has 2 aromatic rings. The van der Waals surface area contributed by atoms with Crippen molar-refractivity contribution >= 4 is 0 Å². The predicted molar refractivity (Wildman–Crippen MR) is 74.5 cm³/mol. The number of aryl methyl sites for hydroxylation is 2. The largest absolute Gasteiger partial charge is 0.465 e. The second-order valence-electron chi connectivity index (χ2n) is 4.68. The SMILES string of the molecule is CCc1ccc(CN[C@H](C)c2ccccc2C)o1. The van der Waals surface area contributed by atoms with Gasteiger partial charge in [0.2, 0.25) is 0 Å². The van der Waals surface area contributed by atoms with Crippen LogP contribution in [0.2, 0.25) is 0 Å². The zero-order valence-electron chi connectivity index (χ0n) is 11.4. The van der Waals surface area contributed by atoms with Crippen molar-refractivity contribution in [2.45, 2.75) is 39.8 Å². The molecule has 0 unspecified atom stereocenters. The number of hydrogen-bond acceptors (Lipinski definition) is 2. The van der Waals surface area contributed by atoms with E-state index in [4.69, 9.17) is 4.42 Å². The van der Waals surface area contributed by atoms with Crippen LogP contribution in [-0.2, 0) is 13.0 Å². The van der Waals surface area contributed by atoms with Gasteiger partial charge in [0, 0.05) is 12.5 Å². The minimum Gasteiger partial charge on any atom is -0.465 e. The smallest absolute Gasteiger partial charge is 0.117 e. The first-order valence-corrected chi connectivity index (χ1v) is 6.57. The molecule has 0 aliphatic heterocycles. The van der Waals surface area contributed by atoms with Crippen LogP contribution in [0.1, 0.15) is 42.5 Å². The molecular formula is C16H21NO. The summed E-state index contributed by atoms with van der Waals surface area (Å²) in [7, 11) is 0. The van der Waals surface area contributed by atoms with Crippen molar-refractivity contribution in [1.82, 2.24) is 5.32 Å². The second kappa shape index (κ2) is 5.87. The summed E-state index contributed by atoms with van der Waals surface area (Å²) in [5.74, 6) is 2.06. The number of hydrogen-bond donors (Lipinski definition) is 1. The third kappa shape index (κ3) is 3.02. The Kier molecular flexibility index (Phi) is 4.21. The van der Waals surface area contributed by atoms with Gasteiger partial charge in [0.25, 0.3) is 0 Å². The standard InChI is InChI=1S/C16H21NO/c1-4-14-9-10-15(18-14)11-17-13(3)16-8-6-5-7-12(16)2/h5-10,13,17H,4,11H2,1-3H3/t13-/m1/s1. The molecule has 2 rings (SSSR count). The van der Waals surface area contributed by atoms with E-state index in [1.807, 2.05) is 0 Å². The minimum absolute atomic E-state index is 0.335. The molecule has 1 aromatic carbocycles. The van der Waals surface area contributed by atoms with Crippen LogP contribution in [0, 0.1) is 6.92 Å². The average Bonchev–Trinajstić information content (AvgIpc) is 2.84. The van der Waals surface area contributed by atoms with Gasteiger partial charge in [0.15, 0.2) is 0 Å². The third-order valence-corrected chi connectivity index (χ3v) is 3.30. The van der Waals surface area contributed by atoms with E-state index >= 15 is 0 Å². The molecule has 18 heavy (non-hydrogen) atoms. The van der Waals surface area contributed by atoms with Crippen molar-refractivity contribution < 1.29 is 4.42 Å². The number of rotatable bonds is 5. The fourth-order valence-corrected chi connectivity index (χ4v) is 2.14. The van der Waals surface area contributed by atoms with Crippen molar-refractivity contribution in [1.29, 1.82) is 0 Å². The van der Waals surface area contributed by atoms with Crippen LogP contribution in [0.3, 0.4) is 0 Å². The Morgan fingerprint density at radius 1 is 1.11 bits per heavy atom. The zero-order chi connectivity index (χ0) is 13.0. The number of furan rings is 1. The topological polar surface area (TPSA) is 25.2 Å². The molecule has 0 saturated heterocycles. The predicted octanol–water partition coefficient (Wildman–Crippen LogP) is 4.00. The Balaban J connectivity index is 1.96. The Hall–Kier alpha value is -1.54. The fourth-order valence-electron chi connectivity index (χ4n) is 2.14. The van der Waals surface area contributed by atoms with Gasteiger partial charge in [-0.3, -0.25) is 0 Å². The van der Waals surface area contributed by atoms with E-state index in [-0.39, 0.29) is 0 Å². The van der Waals surface area contributed by atoms with Crippen molar-refractivity contribution in [2.75, 3.05) is 0 Å². The first-order chi connectivity index (χ1) is 8.70. The van der Waals surface area contributed by atoms with Gasteiger partial charge in [-0.05, 0) is 37.1 Å². The first-order valence-electron chi connectivity index (χ1n) is 6.57. The van der Waals surface area contributed by atoms with Gasteiger partial charge >= 0.3 is 0 Å². The quantitative estimate of drug-likeness (QED) is 0.858. The van der Waals surface area contributed by atoms with E-state index in [9.17, 15) is 0 Å². The van der Waals surface area contributed by atoms with Gasteiger partial charge in [0.05, 0.1) is 6.54 Å². The van der Waals surface area contributed by atoms with Gasteiger partial charge in [-0.1, -0.05) is 31.2 Å². The van der Waals surface area contributed by atoms with Gasteiger partial charge in [-0.2, -0.15) is 0 Å². The normalized spacial score (nSPS) is 12.6. The highest BCUT2D eigenvalue weighted by Crippen LogP contribution is 2.17. The van der Waals surface area contributed by atoms with Gasteiger partial charge in [-0.15, -0.1) is 0 Å². The van der Waals surface area contributed by atoms with Crippen LogP contribution >= 0.6 is 0 Å². The molecule has 1 N–H and O–H groups in total. The number of nitrogens with one attached hydrogen (secondary N) is 1. The highest BCUT2D eigenvalue weighted by molar-refractivity contribution is 5.28. The summed E-state index contributed by atoms with van der Waals surface area (Å²) >= 11 is 0. The molecule has 0 radical (unpaired) electrons. The van der Waals surface area contributed by atoms with Crippen LogP contribution in [0.25, 0.3) is 0 Å². The van der Waals surface area contributed by atoms with Crippen molar-refractivity contribution in [2.24, 2.45) is 0 Å². The zero-order valence-corrected chi connectivity index (χ0v) is 11.4. The van der Waals surface area contributed by atoms with Gasteiger partial charge in [-0.25, -0.2) is 0 Å². The van der Waals surface area contributed by atoms with E-state index in [1.165, 1.54) is 11.1 Å². The Morgan fingerprint density at radius 3 is 2.50 bits per heavy atom. The highest BCUT2D eigenvalue weighted by atomic mass is 16.3. The highest BCUT2D eigenvalue weighted by Gasteiger charge is 2.08. The Bertz CT molecular complexity index is 501. The summed E-state index contributed by atoms with van der Waals surface area (Å²) in [5, 5.41) is 3.50. The molecule has 0 fully saturated rings. The lowest BCUT2D eigenvalue weighted by atomic mass is 10.0. The average molecular weight is 243 g/mol. The molecule has 1 heterocycles. The second-order valence-corrected chi connectivity index (χ2v) is 4.68. The summed E-state index contributed by atoms with van der Waals surface area (Å²) in [6, 6.07) is 12.9. The molecule has 1 atom stereocenters. The van der Waals surface area contributed by atoms with Crippen LogP contribution in [0.5, 0.6) is 0 Å². The summed E-state index contributed by atoms with van der Waals surface area (Å²) in [6.07, 6.45) is 0.952. The third-order valence-electron chi connectivity index (χ3n) is 3.30. The summed E-state index contributed by atoms with van der Waals surface area (Å²) < 4.78 is 5.69. The van der Waals surface area contributed by atoms with Crippen molar-refractivity contribution in [3.63, 3.8) is 0 Å². The first kappa shape index (κ1) is 12.9. The Morgan fingerprint density at radius 2 is 1.83 bits per heavy atom. The molecule has 96 valence electrons.